The lowest BCUT2D eigenvalue weighted by Gasteiger charge is -2.18. The van der Waals surface area contributed by atoms with Gasteiger partial charge in [0.05, 0.1) is 6.61 Å². The molecule has 1 aliphatic rings. The van der Waals surface area contributed by atoms with Gasteiger partial charge in [0.2, 0.25) is 0 Å². The molecule has 0 aromatic heterocycles. The summed E-state index contributed by atoms with van der Waals surface area (Å²) < 4.78 is 5.19. The molecule has 1 aliphatic heterocycles. The number of nitrogens with one attached hydrogen (secondary N) is 2. The fourth-order valence-electron chi connectivity index (χ4n) is 3.26. The molecule has 1 saturated heterocycles. The average molecular weight is 347 g/mol. The number of likely N-dealkylation sites (tertiary alicyclic amines) is 1. The van der Waals surface area contributed by atoms with Crippen molar-refractivity contribution in [1.82, 2.24) is 15.5 Å². The number of methoxy groups -OCH3 is 1. The average Bonchev–Trinajstić information content (AvgIpc) is 3.07. The van der Waals surface area contributed by atoms with Crippen LogP contribution in [-0.4, -0.2) is 63.3 Å². The molecule has 0 saturated carbocycles. The third-order valence-electron chi connectivity index (χ3n) is 4.58. The van der Waals surface area contributed by atoms with E-state index in [9.17, 15) is 0 Å². The highest BCUT2D eigenvalue weighted by Gasteiger charge is 2.22. The molecule has 0 amide bonds. The maximum Gasteiger partial charge on any atom is 0.191 e. The molecule has 2 N–H and O–H groups in total. The summed E-state index contributed by atoms with van der Waals surface area (Å²) in [7, 11) is 1.73. The largest absolute Gasteiger partial charge is 0.383 e. The summed E-state index contributed by atoms with van der Waals surface area (Å²) in [5.41, 5.74) is 1.43. The summed E-state index contributed by atoms with van der Waals surface area (Å²) in [5.74, 6) is 1.55. The van der Waals surface area contributed by atoms with Gasteiger partial charge in [-0.15, -0.1) is 0 Å². The summed E-state index contributed by atoms with van der Waals surface area (Å²) in [6, 6.07) is 11.0. The van der Waals surface area contributed by atoms with Gasteiger partial charge in [-0.05, 0) is 44.7 Å². The monoisotopic (exact) mass is 346 g/mol. The van der Waals surface area contributed by atoms with Gasteiger partial charge < -0.3 is 20.3 Å². The highest BCUT2D eigenvalue weighted by molar-refractivity contribution is 5.80. The molecule has 1 heterocycles. The van der Waals surface area contributed by atoms with Gasteiger partial charge in [0.25, 0.3) is 0 Å². The molecular weight excluding hydrogens is 312 g/mol. The summed E-state index contributed by atoms with van der Waals surface area (Å²) in [6.45, 7) is 10.1. The molecule has 2 rings (SSSR count). The van der Waals surface area contributed by atoms with E-state index >= 15 is 0 Å². The fraction of sp³-hybridized carbons (Fsp3) is 0.650. The molecule has 140 valence electrons. The summed E-state index contributed by atoms with van der Waals surface area (Å²) in [6.07, 6.45) is 2.38. The van der Waals surface area contributed by atoms with Gasteiger partial charge in [-0.25, -0.2) is 0 Å². The lowest BCUT2D eigenvalue weighted by molar-refractivity contribution is 0.179. The Morgan fingerprint density at radius 3 is 2.88 bits per heavy atom. The highest BCUT2D eigenvalue weighted by Crippen LogP contribution is 2.17. The van der Waals surface area contributed by atoms with Crippen molar-refractivity contribution >= 4 is 5.96 Å². The summed E-state index contributed by atoms with van der Waals surface area (Å²) >= 11 is 0. The van der Waals surface area contributed by atoms with E-state index in [1.807, 2.05) is 0 Å². The third-order valence-corrected chi connectivity index (χ3v) is 4.58. The first-order valence-electron chi connectivity index (χ1n) is 9.51. The summed E-state index contributed by atoms with van der Waals surface area (Å²) in [5, 5.41) is 6.72. The number of hydrogen-bond acceptors (Lipinski definition) is 3. The second-order valence-electron chi connectivity index (χ2n) is 6.91. The SMILES string of the molecule is CCNC(=NCC1CCN(CCc2ccccc2)C1)NC(C)COC. The molecule has 1 aromatic carbocycles. The van der Waals surface area contributed by atoms with Crippen LogP contribution in [0.25, 0.3) is 0 Å². The number of ether oxygens (including phenoxy) is 1. The Labute approximate surface area is 152 Å². The molecule has 25 heavy (non-hydrogen) atoms. The van der Waals surface area contributed by atoms with Crippen molar-refractivity contribution in [3.05, 3.63) is 35.9 Å². The molecule has 5 heteroatoms. The minimum atomic E-state index is 0.258. The van der Waals surface area contributed by atoms with E-state index < -0.39 is 0 Å². The molecule has 2 atom stereocenters. The molecule has 1 aromatic rings. The Bertz CT molecular complexity index is 506. The lowest BCUT2D eigenvalue weighted by Crippen LogP contribution is -2.44. The number of rotatable bonds is 9. The molecule has 0 aliphatic carbocycles. The van der Waals surface area contributed by atoms with Crippen LogP contribution < -0.4 is 10.6 Å². The number of hydrogen-bond donors (Lipinski definition) is 2. The van der Waals surface area contributed by atoms with Gasteiger partial charge >= 0.3 is 0 Å². The predicted octanol–water partition coefficient (Wildman–Crippen LogP) is 2.14. The van der Waals surface area contributed by atoms with E-state index in [2.05, 4.69) is 59.7 Å². The molecule has 2 unspecified atom stereocenters. The van der Waals surface area contributed by atoms with Gasteiger partial charge in [-0.1, -0.05) is 30.3 Å². The highest BCUT2D eigenvalue weighted by atomic mass is 16.5. The Balaban J connectivity index is 1.74. The first kappa shape index (κ1) is 19.7. The Morgan fingerprint density at radius 1 is 1.36 bits per heavy atom. The van der Waals surface area contributed by atoms with Crippen LogP contribution in [0, 0.1) is 5.92 Å². The quantitative estimate of drug-likeness (QED) is 0.531. The summed E-state index contributed by atoms with van der Waals surface area (Å²) in [4.78, 5) is 7.35. The van der Waals surface area contributed by atoms with Crippen molar-refractivity contribution in [1.29, 1.82) is 0 Å². The van der Waals surface area contributed by atoms with E-state index in [0.717, 1.165) is 38.6 Å². The van der Waals surface area contributed by atoms with Crippen molar-refractivity contribution in [2.24, 2.45) is 10.9 Å². The first-order chi connectivity index (χ1) is 12.2. The second kappa shape index (κ2) is 11.1. The topological polar surface area (TPSA) is 48.9 Å². The first-order valence-corrected chi connectivity index (χ1v) is 9.51. The minimum Gasteiger partial charge on any atom is -0.383 e. The molecular formula is C20H34N4O. The van der Waals surface area contributed by atoms with E-state index in [-0.39, 0.29) is 6.04 Å². The number of aliphatic imine (C=N–C) groups is 1. The molecule has 0 bridgehead atoms. The van der Waals surface area contributed by atoms with Crippen molar-refractivity contribution < 1.29 is 4.74 Å². The van der Waals surface area contributed by atoms with Gasteiger partial charge in [-0.3, -0.25) is 4.99 Å². The maximum absolute atomic E-state index is 5.19. The standard InChI is InChI=1S/C20H34N4O/c1-4-21-20(23-17(2)16-25-3)22-14-19-11-13-24(15-19)12-10-18-8-6-5-7-9-18/h5-9,17,19H,4,10-16H2,1-3H3,(H2,21,22,23). The third kappa shape index (κ3) is 7.45. The molecule has 5 nitrogen and oxygen atoms in total. The van der Waals surface area contributed by atoms with E-state index in [0.29, 0.717) is 12.5 Å². The zero-order valence-electron chi connectivity index (χ0n) is 16.0. The van der Waals surface area contributed by atoms with Crippen LogP contribution in [0.5, 0.6) is 0 Å². The Hall–Kier alpha value is -1.59. The van der Waals surface area contributed by atoms with Crippen LogP contribution >= 0.6 is 0 Å². The number of benzene rings is 1. The predicted molar refractivity (Wildman–Crippen MR) is 105 cm³/mol. The van der Waals surface area contributed by atoms with Gasteiger partial charge in [-0.2, -0.15) is 0 Å². The van der Waals surface area contributed by atoms with E-state index in [4.69, 9.17) is 9.73 Å². The Kier molecular flexibility index (Phi) is 8.77. The van der Waals surface area contributed by atoms with Gasteiger partial charge in [0.1, 0.15) is 0 Å². The van der Waals surface area contributed by atoms with Gasteiger partial charge in [0, 0.05) is 39.3 Å². The normalized spacial score (nSPS) is 19.8. The van der Waals surface area contributed by atoms with Gasteiger partial charge in [0.15, 0.2) is 5.96 Å². The van der Waals surface area contributed by atoms with Crippen molar-refractivity contribution in [2.45, 2.75) is 32.7 Å². The van der Waals surface area contributed by atoms with Crippen molar-refractivity contribution in [3.8, 4) is 0 Å². The van der Waals surface area contributed by atoms with Crippen LogP contribution in [0.15, 0.2) is 35.3 Å². The lowest BCUT2D eigenvalue weighted by atomic mass is 10.1. The van der Waals surface area contributed by atoms with E-state index in [1.54, 1.807) is 7.11 Å². The number of nitrogens with zero attached hydrogens (tertiary/aromatic N) is 2. The second-order valence-corrected chi connectivity index (χ2v) is 6.91. The molecule has 1 fully saturated rings. The van der Waals surface area contributed by atoms with Crippen LogP contribution in [0.3, 0.4) is 0 Å². The van der Waals surface area contributed by atoms with Crippen LogP contribution in [0.2, 0.25) is 0 Å². The van der Waals surface area contributed by atoms with Crippen LogP contribution in [0.4, 0.5) is 0 Å². The molecule has 0 radical (unpaired) electrons. The van der Waals surface area contributed by atoms with Crippen LogP contribution in [-0.2, 0) is 11.2 Å². The van der Waals surface area contributed by atoms with E-state index in [1.165, 1.54) is 18.5 Å². The fourth-order valence-corrected chi connectivity index (χ4v) is 3.26. The zero-order chi connectivity index (χ0) is 17.9. The minimum absolute atomic E-state index is 0.258. The molecule has 0 spiro atoms. The maximum atomic E-state index is 5.19. The van der Waals surface area contributed by atoms with Crippen molar-refractivity contribution in [2.75, 3.05) is 46.4 Å². The Morgan fingerprint density at radius 2 is 2.16 bits per heavy atom. The van der Waals surface area contributed by atoms with Crippen LogP contribution in [0.1, 0.15) is 25.8 Å². The smallest absolute Gasteiger partial charge is 0.191 e. The van der Waals surface area contributed by atoms with Crippen molar-refractivity contribution in [3.63, 3.8) is 0 Å². The zero-order valence-corrected chi connectivity index (χ0v) is 16.0. The number of guanidine groups is 1.